The highest BCUT2D eigenvalue weighted by molar-refractivity contribution is 5.96. The third-order valence-electron chi connectivity index (χ3n) is 4.16. The fourth-order valence-corrected chi connectivity index (χ4v) is 2.74. The smallest absolute Gasteiger partial charge is 0.271 e. The first-order valence-corrected chi connectivity index (χ1v) is 9.10. The van der Waals surface area contributed by atoms with E-state index < -0.39 is 10.8 Å². The van der Waals surface area contributed by atoms with Crippen molar-refractivity contribution in [3.05, 3.63) is 63.7 Å². The first-order chi connectivity index (χ1) is 13.8. The standard InChI is InChI=1S/C20H23N5O4/c1-4-24(5-2)19-11-10-18(25(28)29)12-16(19)13-21-23-20(27)15-6-8-17(9-7-15)22-14(3)26/h6-13H,4-5H2,1-3H3,(H,22,26)(H,23,27)/b21-13+. The Kier molecular flexibility index (Phi) is 7.41. The second-order valence-electron chi connectivity index (χ2n) is 6.13. The Bertz CT molecular complexity index is 921. The highest BCUT2D eigenvalue weighted by atomic mass is 16.6. The van der Waals surface area contributed by atoms with Crippen LogP contribution >= 0.6 is 0 Å². The Balaban J connectivity index is 2.17. The summed E-state index contributed by atoms with van der Waals surface area (Å²) in [6.07, 6.45) is 1.39. The summed E-state index contributed by atoms with van der Waals surface area (Å²) >= 11 is 0. The van der Waals surface area contributed by atoms with Crippen molar-refractivity contribution in [2.24, 2.45) is 5.10 Å². The van der Waals surface area contributed by atoms with Crippen molar-refractivity contribution in [3.8, 4) is 0 Å². The van der Waals surface area contributed by atoms with Crippen LogP contribution in [0.3, 0.4) is 0 Å². The van der Waals surface area contributed by atoms with Crippen LogP contribution in [0, 0.1) is 10.1 Å². The highest BCUT2D eigenvalue weighted by Gasteiger charge is 2.13. The molecular weight excluding hydrogens is 374 g/mol. The molecule has 2 aromatic rings. The number of rotatable bonds is 8. The zero-order valence-electron chi connectivity index (χ0n) is 16.5. The van der Waals surface area contributed by atoms with Crippen LogP contribution in [0.5, 0.6) is 0 Å². The number of hydrogen-bond acceptors (Lipinski definition) is 6. The summed E-state index contributed by atoms with van der Waals surface area (Å²) in [7, 11) is 0. The van der Waals surface area contributed by atoms with Crippen LogP contribution in [0.1, 0.15) is 36.7 Å². The minimum Gasteiger partial charge on any atom is -0.372 e. The molecule has 0 aliphatic heterocycles. The van der Waals surface area contributed by atoms with Crippen LogP contribution in [-0.4, -0.2) is 36.0 Å². The minimum atomic E-state index is -0.474. The van der Waals surface area contributed by atoms with Gasteiger partial charge in [-0.2, -0.15) is 5.10 Å². The summed E-state index contributed by atoms with van der Waals surface area (Å²) < 4.78 is 0. The number of benzene rings is 2. The molecule has 0 bridgehead atoms. The number of hydrogen-bond donors (Lipinski definition) is 2. The van der Waals surface area contributed by atoms with E-state index in [0.29, 0.717) is 16.8 Å². The maximum atomic E-state index is 12.2. The van der Waals surface area contributed by atoms with Gasteiger partial charge in [-0.15, -0.1) is 0 Å². The average molecular weight is 397 g/mol. The molecule has 0 atom stereocenters. The largest absolute Gasteiger partial charge is 0.372 e. The SMILES string of the molecule is CCN(CC)c1ccc([N+](=O)[O-])cc1/C=N/NC(=O)c1ccc(NC(C)=O)cc1. The van der Waals surface area contributed by atoms with Gasteiger partial charge in [-0.05, 0) is 44.2 Å². The van der Waals surface area contributed by atoms with E-state index in [1.165, 1.54) is 25.3 Å². The molecule has 152 valence electrons. The van der Waals surface area contributed by atoms with Gasteiger partial charge in [0.05, 0.1) is 11.1 Å². The number of amides is 2. The van der Waals surface area contributed by atoms with Crippen LogP contribution in [0.2, 0.25) is 0 Å². The van der Waals surface area contributed by atoms with Gasteiger partial charge < -0.3 is 10.2 Å². The van der Waals surface area contributed by atoms with E-state index in [0.717, 1.165) is 18.8 Å². The summed E-state index contributed by atoms with van der Waals surface area (Å²) in [4.78, 5) is 35.9. The Morgan fingerprint density at radius 3 is 2.34 bits per heavy atom. The Morgan fingerprint density at radius 1 is 1.14 bits per heavy atom. The maximum absolute atomic E-state index is 12.2. The van der Waals surface area contributed by atoms with Gasteiger partial charge in [0.25, 0.3) is 11.6 Å². The lowest BCUT2D eigenvalue weighted by atomic mass is 10.1. The summed E-state index contributed by atoms with van der Waals surface area (Å²) in [6, 6.07) is 10.9. The molecule has 0 aliphatic rings. The lowest BCUT2D eigenvalue weighted by molar-refractivity contribution is -0.384. The van der Waals surface area contributed by atoms with Crippen LogP contribution in [0.15, 0.2) is 47.6 Å². The highest BCUT2D eigenvalue weighted by Crippen LogP contribution is 2.24. The predicted octanol–water partition coefficient (Wildman–Crippen LogP) is 3.16. The monoisotopic (exact) mass is 397 g/mol. The quantitative estimate of drug-likeness (QED) is 0.403. The van der Waals surface area contributed by atoms with E-state index in [-0.39, 0.29) is 11.6 Å². The topological polar surface area (TPSA) is 117 Å². The number of anilines is 2. The van der Waals surface area contributed by atoms with Gasteiger partial charge in [0.1, 0.15) is 0 Å². The molecule has 0 saturated heterocycles. The number of carbonyl (C=O) groups excluding carboxylic acids is 2. The van der Waals surface area contributed by atoms with E-state index in [1.54, 1.807) is 30.3 Å². The molecule has 2 amide bonds. The average Bonchev–Trinajstić information content (AvgIpc) is 2.69. The Morgan fingerprint density at radius 2 is 1.79 bits per heavy atom. The van der Waals surface area contributed by atoms with E-state index >= 15 is 0 Å². The van der Waals surface area contributed by atoms with Crippen molar-refractivity contribution in [2.75, 3.05) is 23.3 Å². The molecule has 9 heteroatoms. The number of nitro benzene ring substituents is 1. The number of nitrogens with one attached hydrogen (secondary N) is 2. The summed E-state index contributed by atoms with van der Waals surface area (Å²) in [5, 5.41) is 17.7. The van der Waals surface area contributed by atoms with Crippen LogP contribution in [0.25, 0.3) is 0 Å². The number of carbonyl (C=O) groups is 2. The molecule has 2 aromatic carbocycles. The maximum Gasteiger partial charge on any atom is 0.271 e. The molecule has 2 N–H and O–H groups in total. The first-order valence-electron chi connectivity index (χ1n) is 9.10. The third-order valence-corrected chi connectivity index (χ3v) is 4.16. The number of nitrogens with zero attached hydrogens (tertiary/aromatic N) is 3. The number of non-ortho nitro benzene ring substituents is 1. The third kappa shape index (κ3) is 5.86. The molecule has 0 fully saturated rings. The van der Waals surface area contributed by atoms with E-state index in [1.807, 2.05) is 18.7 Å². The van der Waals surface area contributed by atoms with Gasteiger partial charge in [0.2, 0.25) is 5.91 Å². The normalized spacial score (nSPS) is 10.6. The molecule has 0 radical (unpaired) electrons. The van der Waals surface area contributed by atoms with Crippen molar-refractivity contribution >= 4 is 35.1 Å². The summed E-state index contributed by atoms with van der Waals surface area (Å²) in [5.41, 5.74) is 4.62. The summed E-state index contributed by atoms with van der Waals surface area (Å²) in [5.74, 6) is -0.641. The number of hydrazone groups is 1. The van der Waals surface area contributed by atoms with Crippen molar-refractivity contribution < 1.29 is 14.5 Å². The van der Waals surface area contributed by atoms with Crippen LogP contribution < -0.4 is 15.6 Å². The molecule has 0 aromatic heterocycles. The second-order valence-corrected chi connectivity index (χ2v) is 6.13. The Labute approximate surface area is 168 Å². The molecule has 0 unspecified atom stereocenters. The van der Waals surface area contributed by atoms with Crippen molar-refractivity contribution in [2.45, 2.75) is 20.8 Å². The lowest BCUT2D eigenvalue weighted by Gasteiger charge is -2.22. The molecular formula is C20H23N5O4. The van der Waals surface area contributed by atoms with Gasteiger partial charge in [0, 0.05) is 54.6 Å². The fraction of sp³-hybridized carbons (Fsp3) is 0.250. The molecule has 9 nitrogen and oxygen atoms in total. The summed E-state index contributed by atoms with van der Waals surface area (Å²) in [6.45, 7) is 6.82. The Hall–Kier alpha value is -3.75. The van der Waals surface area contributed by atoms with Gasteiger partial charge >= 0.3 is 0 Å². The van der Waals surface area contributed by atoms with Crippen molar-refractivity contribution in [1.29, 1.82) is 0 Å². The van der Waals surface area contributed by atoms with E-state index in [4.69, 9.17) is 0 Å². The molecule has 2 rings (SSSR count). The van der Waals surface area contributed by atoms with Crippen LogP contribution in [0.4, 0.5) is 17.1 Å². The van der Waals surface area contributed by atoms with E-state index in [9.17, 15) is 19.7 Å². The zero-order valence-corrected chi connectivity index (χ0v) is 16.5. The van der Waals surface area contributed by atoms with Crippen molar-refractivity contribution in [1.82, 2.24) is 5.43 Å². The number of nitro groups is 1. The molecule has 0 saturated carbocycles. The molecule has 0 heterocycles. The van der Waals surface area contributed by atoms with Gasteiger partial charge in [-0.1, -0.05) is 0 Å². The van der Waals surface area contributed by atoms with Gasteiger partial charge in [-0.25, -0.2) is 5.43 Å². The van der Waals surface area contributed by atoms with Gasteiger partial charge in [-0.3, -0.25) is 19.7 Å². The molecule has 0 aliphatic carbocycles. The predicted molar refractivity (Wildman–Crippen MR) is 112 cm³/mol. The lowest BCUT2D eigenvalue weighted by Crippen LogP contribution is -2.23. The second kappa shape index (κ2) is 9.98. The van der Waals surface area contributed by atoms with Crippen LogP contribution in [-0.2, 0) is 4.79 Å². The molecule has 0 spiro atoms. The minimum absolute atomic E-state index is 0.0535. The zero-order chi connectivity index (χ0) is 21.4. The fourth-order valence-electron chi connectivity index (χ4n) is 2.74. The van der Waals surface area contributed by atoms with E-state index in [2.05, 4.69) is 15.8 Å². The molecule has 29 heavy (non-hydrogen) atoms. The van der Waals surface area contributed by atoms with Crippen molar-refractivity contribution in [3.63, 3.8) is 0 Å². The first kappa shape index (κ1) is 21.5. The van der Waals surface area contributed by atoms with Gasteiger partial charge in [0.15, 0.2) is 0 Å².